The molecule has 0 saturated heterocycles. The van der Waals surface area contributed by atoms with Gasteiger partial charge in [0.25, 0.3) is 0 Å². The summed E-state index contributed by atoms with van der Waals surface area (Å²) in [4.78, 5) is 0.219. The van der Waals surface area contributed by atoms with E-state index in [1.807, 2.05) is 6.07 Å². The molecule has 15 heavy (non-hydrogen) atoms. The lowest BCUT2D eigenvalue weighted by atomic mass is 10.1. The molecule has 0 bridgehead atoms. The van der Waals surface area contributed by atoms with Gasteiger partial charge in [0, 0.05) is 6.26 Å². The molecule has 1 rings (SSSR count). The molecule has 0 aromatic heterocycles. The first-order chi connectivity index (χ1) is 6.95. The monoisotopic (exact) mass is 222 g/mol. The summed E-state index contributed by atoms with van der Waals surface area (Å²) < 4.78 is 22.3. The van der Waals surface area contributed by atoms with Crippen LogP contribution in [0.1, 0.15) is 12.0 Å². The summed E-state index contributed by atoms with van der Waals surface area (Å²) in [5.74, 6) is 0. The standard InChI is InChI=1S/C10H10N2O2S/c1-15(13,14)9-4-2-8(3-5-9)10(12)6-7-11/h2-5,12H,6H2,1H3. The van der Waals surface area contributed by atoms with Gasteiger partial charge in [0.05, 0.1) is 23.1 Å². The van der Waals surface area contributed by atoms with Crippen LogP contribution in [0.4, 0.5) is 0 Å². The predicted octanol–water partition coefficient (Wildman–Crippen LogP) is 1.37. The van der Waals surface area contributed by atoms with Crippen LogP contribution < -0.4 is 0 Å². The maximum atomic E-state index is 11.1. The van der Waals surface area contributed by atoms with Crippen molar-refractivity contribution in [1.82, 2.24) is 0 Å². The Balaban J connectivity index is 3.02. The second-order valence-corrected chi connectivity index (χ2v) is 5.13. The number of nitriles is 1. The van der Waals surface area contributed by atoms with Crippen LogP contribution in [-0.4, -0.2) is 20.4 Å². The Morgan fingerprint density at radius 1 is 1.40 bits per heavy atom. The van der Waals surface area contributed by atoms with Crippen molar-refractivity contribution in [2.45, 2.75) is 11.3 Å². The minimum Gasteiger partial charge on any atom is -0.304 e. The summed E-state index contributed by atoms with van der Waals surface area (Å²) >= 11 is 0. The molecule has 5 heteroatoms. The van der Waals surface area contributed by atoms with Crippen LogP contribution in [0, 0.1) is 16.7 Å². The fourth-order valence-corrected chi connectivity index (χ4v) is 1.71. The highest BCUT2D eigenvalue weighted by atomic mass is 32.2. The van der Waals surface area contributed by atoms with Crippen molar-refractivity contribution in [3.05, 3.63) is 29.8 Å². The first-order valence-electron chi connectivity index (χ1n) is 4.20. The molecular weight excluding hydrogens is 212 g/mol. The molecule has 1 N–H and O–H groups in total. The van der Waals surface area contributed by atoms with E-state index in [0.29, 0.717) is 5.56 Å². The minimum atomic E-state index is -3.19. The molecule has 1 aromatic carbocycles. The van der Waals surface area contributed by atoms with Gasteiger partial charge in [-0.25, -0.2) is 8.42 Å². The van der Waals surface area contributed by atoms with E-state index >= 15 is 0 Å². The molecule has 0 fully saturated rings. The van der Waals surface area contributed by atoms with Crippen LogP contribution in [0.5, 0.6) is 0 Å². The van der Waals surface area contributed by atoms with E-state index in [4.69, 9.17) is 10.7 Å². The van der Waals surface area contributed by atoms with Gasteiger partial charge < -0.3 is 5.41 Å². The lowest BCUT2D eigenvalue weighted by Gasteiger charge is -2.01. The van der Waals surface area contributed by atoms with Crippen LogP contribution in [0.3, 0.4) is 0 Å². The van der Waals surface area contributed by atoms with Crippen LogP contribution in [0.15, 0.2) is 29.2 Å². The molecule has 4 nitrogen and oxygen atoms in total. The normalized spacial score (nSPS) is 10.7. The second kappa shape index (κ2) is 4.24. The maximum absolute atomic E-state index is 11.1. The van der Waals surface area contributed by atoms with Crippen molar-refractivity contribution in [2.75, 3.05) is 6.26 Å². The Labute approximate surface area is 88.6 Å². The predicted molar refractivity (Wildman–Crippen MR) is 56.6 cm³/mol. The van der Waals surface area contributed by atoms with E-state index in [-0.39, 0.29) is 17.0 Å². The highest BCUT2D eigenvalue weighted by Crippen LogP contribution is 2.11. The van der Waals surface area contributed by atoms with Gasteiger partial charge in [0.2, 0.25) is 0 Å². The highest BCUT2D eigenvalue weighted by molar-refractivity contribution is 7.90. The third kappa shape index (κ3) is 2.89. The van der Waals surface area contributed by atoms with Gasteiger partial charge in [-0.3, -0.25) is 0 Å². The highest BCUT2D eigenvalue weighted by Gasteiger charge is 2.07. The Morgan fingerprint density at radius 3 is 2.33 bits per heavy atom. The summed E-state index contributed by atoms with van der Waals surface area (Å²) in [5, 5.41) is 15.9. The zero-order valence-corrected chi connectivity index (χ0v) is 9.00. The van der Waals surface area contributed by atoms with Gasteiger partial charge in [-0.05, 0) is 17.7 Å². The summed E-state index contributed by atoms with van der Waals surface area (Å²) in [6.45, 7) is 0. The number of hydrogen-bond acceptors (Lipinski definition) is 4. The fourth-order valence-electron chi connectivity index (χ4n) is 1.08. The summed E-state index contributed by atoms with van der Waals surface area (Å²) in [6.07, 6.45) is 1.15. The number of sulfone groups is 1. The van der Waals surface area contributed by atoms with Gasteiger partial charge in [0.1, 0.15) is 0 Å². The molecule has 0 amide bonds. The second-order valence-electron chi connectivity index (χ2n) is 3.11. The van der Waals surface area contributed by atoms with Crippen molar-refractivity contribution in [1.29, 1.82) is 10.7 Å². The van der Waals surface area contributed by atoms with Crippen molar-refractivity contribution < 1.29 is 8.42 Å². The lowest BCUT2D eigenvalue weighted by Crippen LogP contribution is -2.00. The van der Waals surface area contributed by atoms with Crippen molar-refractivity contribution in [2.24, 2.45) is 0 Å². The molecule has 0 aliphatic heterocycles. The topological polar surface area (TPSA) is 81.8 Å². The smallest absolute Gasteiger partial charge is 0.175 e. The number of nitrogens with one attached hydrogen (secondary N) is 1. The average molecular weight is 222 g/mol. The number of nitrogens with zero attached hydrogens (tertiary/aromatic N) is 1. The van der Waals surface area contributed by atoms with Crippen molar-refractivity contribution in [3.63, 3.8) is 0 Å². The van der Waals surface area contributed by atoms with E-state index < -0.39 is 9.84 Å². The first-order valence-corrected chi connectivity index (χ1v) is 6.09. The Bertz CT molecular complexity index is 509. The fraction of sp³-hybridized carbons (Fsp3) is 0.200. The SMILES string of the molecule is CS(=O)(=O)c1ccc(C(=N)CC#N)cc1. The molecule has 0 saturated carbocycles. The molecule has 0 heterocycles. The Morgan fingerprint density at radius 2 is 1.93 bits per heavy atom. The molecule has 78 valence electrons. The van der Waals surface area contributed by atoms with E-state index in [9.17, 15) is 8.42 Å². The molecule has 0 atom stereocenters. The van der Waals surface area contributed by atoms with Crippen LogP contribution in [-0.2, 0) is 9.84 Å². The number of hydrogen-bond donors (Lipinski definition) is 1. The molecule has 0 aliphatic rings. The molecule has 0 radical (unpaired) electrons. The zero-order valence-electron chi connectivity index (χ0n) is 8.19. The Hall–Kier alpha value is -1.67. The van der Waals surface area contributed by atoms with E-state index in [1.165, 1.54) is 24.3 Å². The molecule has 1 aromatic rings. The van der Waals surface area contributed by atoms with Crippen molar-refractivity contribution >= 4 is 15.5 Å². The number of rotatable bonds is 3. The average Bonchev–Trinajstić information content (AvgIpc) is 2.17. The third-order valence-electron chi connectivity index (χ3n) is 1.89. The zero-order chi connectivity index (χ0) is 11.5. The van der Waals surface area contributed by atoms with Crippen molar-refractivity contribution in [3.8, 4) is 6.07 Å². The van der Waals surface area contributed by atoms with E-state index in [0.717, 1.165) is 6.26 Å². The van der Waals surface area contributed by atoms with Crippen LogP contribution in [0.25, 0.3) is 0 Å². The lowest BCUT2D eigenvalue weighted by molar-refractivity contribution is 0.602. The first kappa shape index (κ1) is 11.4. The van der Waals surface area contributed by atoms with E-state index in [1.54, 1.807) is 0 Å². The molecule has 0 spiro atoms. The van der Waals surface area contributed by atoms with Crippen LogP contribution in [0.2, 0.25) is 0 Å². The van der Waals surface area contributed by atoms with Gasteiger partial charge in [-0.1, -0.05) is 12.1 Å². The third-order valence-corrected chi connectivity index (χ3v) is 3.02. The molecular formula is C10H10N2O2S. The van der Waals surface area contributed by atoms with Gasteiger partial charge >= 0.3 is 0 Å². The molecule has 0 aliphatic carbocycles. The molecule has 0 unspecified atom stereocenters. The van der Waals surface area contributed by atoms with E-state index in [2.05, 4.69) is 0 Å². The van der Waals surface area contributed by atoms with Gasteiger partial charge in [0.15, 0.2) is 9.84 Å². The maximum Gasteiger partial charge on any atom is 0.175 e. The minimum absolute atomic E-state index is 0.0260. The largest absolute Gasteiger partial charge is 0.304 e. The van der Waals surface area contributed by atoms with Gasteiger partial charge in [-0.15, -0.1) is 0 Å². The summed E-state index contributed by atoms with van der Waals surface area (Å²) in [6, 6.07) is 7.83. The quantitative estimate of drug-likeness (QED) is 0.784. The number of benzene rings is 1. The Kier molecular flexibility index (Phi) is 3.22. The summed E-state index contributed by atoms with van der Waals surface area (Å²) in [5.41, 5.74) is 0.765. The van der Waals surface area contributed by atoms with Gasteiger partial charge in [-0.2, -0.15) is 5.26 Å². The summed E-state index contributed by atoms with van der Waals surface area (Å²) in [7, 11) is -3.19. The van der Waals surface area contributed by atoms with Crippen LogP contribution >= 0.6 is 0 Å².